The van der Waals surface area contributed by atoms with Crippen molar-refractivity contribution < 1.29 is 47.7 Å². The fourth-order valence-electron chi connectivity index (χ4n) is 1.03. The summed E-state index contributed by atoms with van der Waals surface area (Å²) in [5, 5.41) is 0. The van der Waals surface area contributed by atoms with Crippen LogP contribution in [0.15, 0.2) is 5.51 Å². The van der Waals surface area contributed by atoms with Crippen LogP contribution >= 0.6 is 11.3 Å². The van der Waals surface area contributed by atoms with Crippen LogP contribution in [-0.2, 0) is 26.6 Å². The summed E-state index contributed by atoms with van der Waals surface area (Å²) in [5.74, 6) is 0. The number of hydrogen-bond acceptors (Lipinski definition) is 5. The molecule has 0 aliphatic rings. The van der Waals surface area contributed by atoms with Gasteiger partial charge in [0, 0.05) is 6.92 Å². The van der Waals surface area contributed by atoms with Crippen molar-refractivity contribution in [2.45, 2.75) is 38.3 Å². The van der Waals surface area contributed by atoms with Crippen molar-refractivity contribution in [3.63, 3.8) is 0 Å². The number of aryl methyl sites for hydroxylation is 2. The number of aromatic nitrogens is 1. The second kappa shape index (κ2) is 7.53. The lowest BCUT2D eigenvalue weighted by Crippen LogP contribution is -2.32. The molecular formula is C9H12F6N2O4S3. The Kier molecular flexibility index (Phi) is 7.24. The van der Waals surface area contributed by atoms with Crippen LogP contribution in [0.3, 0.4) is 0 Å². The summed E-state index contributed by atoms with van der Waals surface area (Å²) in [6, 6.07) is 0. The Morgan fingerprint density at radius 3 is 1.54 bits per heavy atom. The molecule has 0 amide bonds. The average molecular weight is 422 g/mol. The van der Waals surface area contributed by atoms with Gasteiger partial charge in [-0.3, -0.25) is 0 Å². The predicted octanol–water partition coefficient (Wildman–Crippen LogP) is 2.73. The Morgan fingerprint density at radius 2 is 1.38 bits per heavy atom. The minimum atomic E-state index is -6.72. The zero-order valence-electron chi connectivity index (χ0n) is 12.3. The van der Waals surface area contributed by atoms with E-state index in [4.69, 9.17) is 0 Å². The predicted molar refractivity (Wildman–Crippen MR) is 73.0 cm³/mol. The molecule has 0 aliphatic heterocycles. The van der Waals surface area contributed by atoms with Crippen LogP contribution in [0.5, 0.6) is 0 Å². The van der Waals surface area contributed by atoms with Crippen LogP contribution in [0.2, 0.25) is 0 Å². The molecule has 0 saturated carbocycles. The first kappa shape index (κ1) is 23.1. The summed E-state index contributed by atoms with van der Waals surface area (Å²) in [7, 11) is -13.4. The van der Waals surface area contributed by atoms with Crippen molar-refractivity contribution in [2.24, 2.45) is 0 Å². The zero-order chi connectivity index (χ0) is 19.6. The number of sulfonamides is 2. The third-order valence-electron chi connectivity index (χ3n) is 2.42. The molecule has 0 atom stereocenters. The second-order valence-electron chi connectivity index (χ2n) is 4.07. The van der Waals surface area contributed by atoms with E-state index in [2.05, 4.69) is 30.8 Å². The normalized spacial score (nSPS) is 13.4. The van der Waals surface area contributed by atoms with Gasteiger partial charge in [0.2, 0.25) is 5.51 Å². The van der Waals surface area contributed by atoms with Crippen molar-refractivity contribution in [2.75, 3.05) is 0 Å². The minimum Gasteiger partial charge on any atom is -0.421 e. The number of halogens is 6. The maximum atomic E-state index is 11.4. The largest absolute Gasteiger partial charge is 0.480 e. The molecule has 0 saturated heterocycles. The summed E-state index contributed by atoms with van der Waals surface area (Å²) >= 11 is 1.82. The Bertz CT molecular complexity index is 722. The first-order chi connectivity index (χ1) is 10.5. The number of thiazole rings is 1. The highest BCUT2D eigenvalue weighted by atomic mass is 32.3. The Morgan fingerprint density at radius 1 is 1.00 bits per heavy atom. The van der Waals surface area contributed by atoms with E-state index >= 15 is 0 Å². The quantitative estimate of drug-likeness (QED) is 0.554. The molecule has 1 aromatic rings. The van der Waals surface area contributed by atoms with Crippen molar-refractivity contribution in [3.05, 3.63) is 20.2 Å². The molecule has 1 rings (SSSR count). The molecule has 6 nitrogen and oxygen atoms in total. The summed E-state index contributed by atoms with van der Waals surface area (Å²) < 4.78 is 111. The van der Waals surface area contributed by atoms with Gasteiger partial charge in [-0.2, -0.15) is 30.9 Å². The number of rotatable bonds is 3. The Balaban J connectivity index is 0.000000496. The van der Waals surface area contributed by atoms with Gasteiger partial charge in [0.25, 0.3) is 0 Å². The fraction of sp³-hybridized carbons (Fsp3) is 0.667. The molecule has 142 valence electrons. The fourth-order valence-corrected chi connectivity index (χ4v) is 3.62. The van der Waals surface area contributed by atoms with E-state index in [-0.39, 0.29) is 0 Å². The maximum Gasteiger partial charge on any atom is 0.480 e. The molecule has 1 heterocycles. The van der Waals surface area contributed by atoms with E-state index in [0.29, 0.717) is 0 Å². The van der Waals surface area contributed by atoms with Gasteiger partial charge in [0.05, 0.1) is 4.88 Å². The molecule has 0 fully saturated rings. The highest BCUT2D eigenvalue weighted by molar-refractivity contribution is 8.13. The zero-order valence-corrected chi connectivity index (χ0v) is 14.8. The van der Waals surface area contributed by atoms with E-state index in [1.807, 2.05) is 11.3 Å². The molecule has 0 N–H and O–H groups in total. The Hall–Kier alpha value is -0.930. The molecule has 24 heavy (non-hydrogen) atoms. The highest BCUT2D eigenvalue weighted by Gasteiger charge is 2.46. The third kappa shape index (κ3) is 5.86. The van der Waals surface area contributed by atoms with Crippen LogP contribution in [-0.4, -0.2) is 27.9 Å². The number of nitrogens with zero attached hydrogens (tertiary/aromatic N) is 2. The first-order valence-electron chi connectivity index (χ1n) is 5.77. The average Bonchev–Trinajstić information content (AvgIpc) is 2.66. The summed E-state index contributed by atoms with van der Waals surface area (Å²) in [6.07, 6.45) is 0. The van der Waals surface area contributed by atoms with Gasteiger partial charge in [-0.05, 0) is 13.8 Å². The summed E-state index contributed by atoms with van der Waals surface area (Å²) in [6.45, 7) is 7.58. The smallest absolute Gasteiger partial charge is 0.421 e. The third-order valence-corrected chi connectivity index (χ3v) is 6.17. The summed E-state index contributed by atoms with van der Waals surface area (Å²) in [5.41, 5.74) is -8.83. The molecule has 0 spiro atoms. The standard InChI is InChI=1S/C7H12NS.C2F6NO4S2/c1-4-8-5-9-7(3)6(8)2;3-1(4,5)14(10,11)9-15(12,13)2(6,7)8/h5H,4H2,1-3H3;/q+1;-1. The van der Waals surface area contributed by atoms with E-state index in [0.717, 1.165) is 10.7 Å². The second-order valence-corrected chi connectivity index (χ2v) is 8.55. The van der Waals surface area contributed by atoms with E-state index < -0.39 is 31.1 Å². The number of alkyl halides is 6. The van der Waals surface area contributed by atoms with E-state index in [9.17, 15) is 43.2 Å². The van der Waals surface area contributed by atoms with Crippen molar-refractivity contribution in [1.82, 2.24) is 0 Å². The van der Waals surface area contributed by atoms with E-state index in [1.54, 1.807) is 0 Å². The van der Waals surface area contributed by atoms with Crippen molar-refractivity contribution >= 4 is 31.4 Å². The highest BCUT2D eigenvalue weighted by Crippen LogP contribution is 2.36. The van der Waals surface area contributed by atoms with Crippen molar-refractivity contribution in [3.8, 4) is 0 Å². The van der Waals surface area contributed by atoms with Crippen LogP contribution in [0.4, 0.5) is 26.3 Å². The lowest BCUT2D eigenvalue weighted by Gasteiger charge is -2.22. The molecule has 0 unspecified atom stereocenters. The van der Waals surface area contributed by atoms with Crippen molar-refractivity contribution in [1.29, 1.82) is 0 Å². The van der Waals surface area contributed by atoms with Crippen LogP contribution < -0.4 is 4.57 Å². The van der Waals surface area contributed by atoms with Crippen LogP contribution in [0.1, 0.15) is 17.5 Å². The Labute approximate surface area is 138 Å². The number of hydrogen-bond donors (Lipinski definition) is 0. The summed E-state index contributed by atoms with van der Waals surface area (Å²) in [4.78, 5) is 1.43. The monoisotopic (exact) mass is 422 g/mol. The molecule has 0 aromatic carbocycles. The first-order valence-corrected chi connectivity index (χ1v) is 9.53. The molecule has 15 heteroatoms. The SMILES string of the molecule is CC[n+]1csc(C)c1C.O=S(=O)([N-]S(=O)(=O)C(F)(F)F)C(F)(F)F. The van der Waals surface area contributed by atoms with Gasteiger partial charge in [0.1, 0.15) is 6.54 Å². The van der Waals surface area contributed by atoms with Gasteiger partial charge in [-0.1, -0.05) is 11.3 Å². The van der Waals surface area contributed by atoms with Gasteiger partial charge >= 0.3 is 11.0 Å². The van der Waals surface area contributed by atoms with Gasteiger partial charge in [-0.15, -0.1) is 0 Å². The van der Waals surface area contributed by atoms with E-state index in [1.165, 1.54) is 10.6 Å². The maximum absolute atomic E-state index is 11.4. The van der Waals surface area contributed by atoms with Gasteiger partial charge in [-0.25, -0.2) is 16.8 Å². The molecule has 0 bridgehead atoms. The molecule has 0 aliphatic carbocycles. The molecular weight excluding hydrogens is 410 g/mol. The lowest BCUT2D eigenvalue weighted by molar-refractivity contribution is -0.694. The molecule has 0 radical (unpaired) electrons. The van der Waals surface area contributed by atoms with Gasteiger partial charge in [0.15, 0.2) is 25.7 Å². The van der Waals surface area contributed by atoms with Crippen LogP contribution in [0.25, 0.3) is 4.13 Å². The topological polar surface area (TPSA) is 86.3 Å². The lowest BCUT2D eigenvalue weighted by atomic mass is 10.4. The van der Waals surface area contributed by atoms with Crippen LogP contribution in [0, 0.1) is 13.8 Å². The minimum absolute atomic E-state index is 0.778. The van der Waals surface area contributed by atoms with Gasteiger partial charge < -0.3 is 4.13 Å². The molecule has 1 aromatic heterocycles.